The van der Waals surface area contributed by atoms with Crippen molar-refractivity contribution in [3.8, 4) is 0 Å². The zero-order valence-electron chi connectivity index (χ0n) is 9.02. The van der Waals surface area contributed by atoms with Crippen LogP contribution >= 0.6 is 0 Å². The molecule has 0 rings (SSSR count). The summed E-state index contributed by atoms with van der Waals surface area (Å²) < 4.78 is 0. The van der Waals surface area contributed by atoms with Crippen molar-refractivity contribution in [1.82, 2.24) is 4.90 Å². The Bertz CT molecular complexity index is 155. The van der Waals surface area contributed by atoms with Crippen molar-refractivity contribution < 1.29 is 0 Å². The fraction of sp³-hybridized carbons (Fsp3) is 0.800. The van der Waals surface area contributed by atoms with Gasteiger partial charge in [-0.25, -0.2) is 0 Å². The zero-order chi connectivity index (χ0) is 9.78. The van der Waals surface area contributed by atoms with Gasteiger partial charge in [0.15, 0.2) is 0 Å². The normalized spacial score (nSPS) is 13.2. The Labute approximate surface area is 76.4 Å². The highest BCUT2D eigenvalue weighted by atomic mass is 15.1. The third-order valence-corrected chi connectivity index (χ3v) is 2.63. The van der Waals surface area contributed by atoms with Crippen molar-refractivity contribution in [1.29, 1.82) is 0 Å². The topological polar surface area (TPSA) is 29.3 Å². The quantitative estimate of drug-likeness (QED) is 0.700. The molecule has 0 aromatic heterocycles. The van der Waals surface area contributed by atoms with Crippen molar-refractivity contribution in [2.75, 3.05) is 14.1 Å². The molecule has 12 heavy (non-hydrogen) atoms. The number of rotatable bonds is 4. The van der Waals surface area contributed by atoms with E-state index in [0.717, 1.165) is 18.7 Å². The van der Waals surface area contributed by atoms with Crippen LogP contribution in [-0.4, -0.2) is 19.0 Å². The maximum absolute atomic E-state index is 5.84. The molecular weight excluding hydrogens is 148 g/mol. The Hall–Kier alpha value is -0.660. The largest absolute Gasteiger partial charge is 0.386 e. The minimum absolute atomic E-state index is 0.258. The van der Waals surface area contributed by atoms with Crippen LogP contribution in [0.4, 0.5) is 0 Å². The number of nitrogens with two attached hydrogens (primary N) is 1. The summed E-state index contributed by atoms with van der Waals surface area (Å²) in [7, 11) is 3.94. The third kappa shape index (κ3) is 3.16. The van der Waals surface area contributed by atoms with E-state index in [2.05, 4.69) is 26.8 Å². The van der Waals surface area contributed by atoms with E-state index in [9.17, 15) is 0 Å². The highest BCUT2D eigenvalue weighted by Gasteiger charge is 2.17. The number of nitrogens with zero attached hydrogens (tertiary/aromatic N) is 1. The monoisotopic (exact) mass is 170 g/mol. The van der Waals surface area contributed by atoms with Crippen LogP contribution in [0.2, 0.25) is 0 Å². The van der Waals surface area contributed by atoms with Gasteiger partial charge in [-0.15, -0.1) is 0 Å². The summed E-state index contributed by atoms with van der Waals surface area (Å²) in [4.78, 5) is 1.95. The summed E-state index contributed by atoms with van der Waals surface area (Å²) in [6.45, 7) is 6.63. The molecule has 2 nitrogen and oxygen atoms in total. The molecule has 0 fully saturated rings. The summed E-state index contributed by atoms with van der Waals surface area (Å²) in [5, 5.41) is 0. The summed E-state index contributed by atoms with van der Waals surface area (Å²) in [6.07, 6.45) is 4.43. The van der Waals surface area contributed by atoms with Crippen LogP contribution in [0.1, 0.15) is 33.6 Å². The van der Waals surface area contributed by atoms with Crippen LogP contribution in [0.3, 0.4) is 0 Å². The van der Waals surface area contributed by atoms with Crippen LogP contribution in [0.5, 0.6) is 0 Å². The maximum atomic E-state index is 5.84. The maximum Gasteiger partial charge on any atom is 0.0945 e. The van der Waals surface area contributed by atoms with Gasteiger partial charge in [-0.05, 0) is 24.3 Å². The Morgan fingerprint density at radius 3 is 2.00 bits per heavy atom. The van der Waals surface area contributed by atoms with Crippen LogP contribution in [0.25, 0.3) is 0 Å². The molecule has 0 aromatic rings. The predicted molar refractivity (Wildman–Crippen MR) is 54.6 cm³/mol. The van der Waals surface area contributed by atoms with E-state index in [-0.39, 0.29) is 5.41 Å². The molecule has 2 heteroatoms. The number of allylic oxidation sites excluding steroid dienone is 1. The van der Waals surface area contributed by atoms with Gasteiger partial charge in [0.05, 0.1) is 5.82 Å². The lowest BCUT2D eigenvalue weighted by molar-refractivity contribution is 0.377. The lowest BCUT2D eigenvalue weighted by Crippen LogP contribution is -2.22. The van der Waals surface area contributed by atoms with Gasteiger partial charge in [-0.1, -0.05) is 20.8 Å². The van der Waals surface area contributed by atoms with Crippen molar-refractivity contribution >= 4 is 0 Å². The molecule has 0 radical (unpaired) electrons. The SMILES string of the molecule is CCC(C)(/C=C(\N)N(C)C)CC. The van der Waals surface area contributed by atoms with Crippen molar-refractivity contribution in [3.05, 3.63) is 11.9 Å². The number of hydrogen-bond acceptors (Lipinski definition) is 2. The fourth-order valence-electron chi connectivity index (χ4n) is 0.940. The van der Waals surface area contributed by atoms with E-state index in [1.807, 2.05) is 19.0 Å². The summed E-state index contributed by atoms with van der Waals surface area (Å²) in [6, 6.07) is 0. The molecule has 72 valence electrons. The average molecular weight is 170 g/mol. The van der Waals surface area contributed by atoms with Crippen LogP contribution < -0.4 is 5.73 Å². The molecule has 0 amide bonds. The highest BCUT2D eigenvalue weighted by molar-refractivity contribution is 5.03. The molecule has 0 unspecified atom stereocenters. The molecule has 0 saturated carbocycles. The summed E-state index contributed by atoms with van der Waals surface area (Å²) in [5.74, 6) is 0.862. The van der Waals surface area contributed by atoms with Gasteiger partial charge in [0.25, 0.3) is 0 Å². The third-order valence-electron chi connectivity index (χ3n) is 2.63. The van der Waals surface area contributed by atoms with Crippen molar-refractivity contribution in [3.63, 3.8) is 0 Å². The van der Waals surface area contributed by atoms with Gasteiger partial charge in [-0.2, -0.15) is 0 Å². The van der Waals surface area contributed by atoms with Crippen LogP contribution in [0.15, 0.2) is 11.9 Å². The summed E-state index contributed by atoms with van der Waals surface area (Å²) >= 11 is 0. The molecule has 0 saturated heterocycles. The van der Waals surface area contributed by atoms with Gasteiger partial charge >= 0.3 is 0 Å². The lowest BCUT2D eigenvalue weighted by atomic mass is 9.84. The molecular formula is C10H22N2. The van der Waals surface area contributed by atoms with Gasteiger partial charge < -0.3 is 10.6 Å². The standard InChI is InChI=1S/C10H22N2/c1-6-10(3,7-2)8-9(11)12(4)5/h8H,6-7,11H2,1-5H3/b9-8+. The Kier molecular flexibility index (Phi) is 4.15. The van der Waals surface area contributed by atoms with Crippen LogP contribution in [-0.2, 0) is 0 Å². The Balaban J connectivity index is 4.46. The first kappa shape index (κ1) is 11.3. The second-order valence-electron chi connectivity index (χ2n) is 3.82. The lowest BCUT2D eigenvalue weighted by Gasteiger charge is -2.25. The van der Waals surface area contributed by atoms with Crippen LogP contribution in [0, 0.1) is 5.41 Å². The van der Waals surface area contributed by atoms with E-state index in [4.69, 9.17) is 5.73 Å². The number of hydrogen-bond donors (Lipinski definition) is 1. The van der Waals surface area contributed by atoms with Crippen molar-refractivity contribution in [2.45, 2.75) is 33.6 Å². The molecule has 0 aliphatic carbocycles. The van der Waals surface area contributed by atoms with E-state index >= 15 is 0 Å². The second kappa shape index (κ2) is 4.39. The Morgan fingerprint density at radius 2 is 1.75 bits per heavy atom. The molecule has 0 heterocycles. The fourth-order valence-corrected chi connectivity index (χ4v) is 0.940. The molecule has 0 aromatic carbocycles. The summed E-state index contributed by atoms with van der Waals surface area (Å²) in [5.41, 5.74) is 6.10. The molecule has 0 spiro atoms. The molecule has 0 bridgehead atoms. The first-order valence-corrected chi connectivity index (χ1v) is 4.61. The van der Waals surface area contributed by atoms with Gasteiger partial charge in [0.1, 0.15) is 0 Å². The van der Waals surface area contributed by atoms with Crippen molar-refractivity contribution in [2.24, 2.45) is 11.1 Å². The van der Waals surface area contributed by atoms with E-state index in [1.54, 1.807) is 0 Å². The molecule has 0 aliphatic heterocycles. The first-order valence-electron chi connectivity index (χ1n) is 4.61. The minimum Gasteiger partial charge on any atom is -0.386 e. The van der Waals surface area contributed by atoms with E-state index in [0.29, 0.717) is 0 Å². The predicted octanol–water partition coefficient (Wildman–Crippen LogP) is 2.17. The molecule has 0 atom stereocenters. The first-order chi connectivity index (χ1) is 5.45. The minimum atomic E-state index is 0.258. The van der Waals surface area contributed by atoms with Gasteiger partial charge in [-0.3, -0.25) is 0 Å². The van der Waals surface area contributed by atoms with Gasteiger partial charge in [0, 0.05) is 14.1 Å². The van der Waals surface area contributed by atoms with E-state index in [1.165, 1.54) is 0 Å². The van der Waals surface area contributed by atoms with E-state index < -0.39 is 0 Å². The zero-order valence-corrected chi connectivity index (χ0v) is 9.02. The Morgan fingerprint density at radius 1 is 1.33 bits per heavy atom. The van der Waals surface area contributed by atoms with Gasteiger partial charge in [0.2, 0.25) is 0 Å². The molecule has 0 aliphatic rings. The smallest absolute Gasteiger partial charge is 0.0945 e. The second-order valence-corrected chi connectivity index (χ2v) is 3.82. The highest BCUT2D eigenvalue weighted by Crippen LogP contribution is 2.27. The molecule has 2 N–H and O–H groups in total. The average Bonchev–Trinajstić information content (AvgIpc) is 2.04.